The Hall–Kier alpha value is -0.610. The monoisotopic (exact) mass is 296 g/mol. The van der Waals surface area contributed by atoms with Gasteiger partial charge in [0.1, 0.15) is 0 Å². The Morgan fingerprint density at radius 1 is 1.45 bits per heavy atom. The Morgan fingerprint density at radius 3 is 2.95 bits per heavy atom. The zero-order chi connectivity index (χ0) is 14.5. The SMILES string of the molecule is CCC(O)CC1CC(N)CN(Cc2cccc(Cl)c2)C1. The zero-order valence-electron chi connectivity index (χ0n) is 12.1. The summed E-state index contributed by atoms with van der Waals surface area (Å²) in [6.45, 7) is 4.84. The van der Waals surface area contributed by atoms with Crippen molar-refractivity contribution in [3.63, 3.8) is 0 Å². The van der Waals surface area contributed by atoms with Gasteiger partial charge in [0, 0.05) is 30.7 Å². The van der Waals surface area contributed by atoms with Crippen molar-refractivity contribution < 1.29 is 5.11 Å². The lowest BCUT2D eigenvalue weighted by Crippen LogP contribution is -2.47. The summed E-state index contributed by atoms with van der Waals surface area (Å²) in [5, 5.41) is 10.6. The summed E-state index contributed by atoms with van der Waals surface area (Å²) in [5.41, 5.74) is 7.39. The maximum absolute atomic E-state index is 9.83. The summed E-state index contributed by atoms with van der Waals surface area (Å²) in [4.78, 5) is 2.38. The Morgan fingerprint density at radius 2 is 2.25 bits per heavy atom. The number of nitrogens with zero attached hydrogens (tertiary/aromatic N) is 1. The molecule has 2 rings (SSSR count). The zero-order valence-corrected chi connectivity index (χ0v) is 12.9. The van der Waals surface area contributed by atoms with E-state index in [0.717, 1.165) is 43.9 Å². The normalized spacial score (nSPS) is 25.6. The molecule has 112 valence electrons. The molecule has 1 aromatic carbocycles. The van der Waals surface area contributed by atoms with Gasteiger partial charge in [0.05, 0.1) is 6.10 Å². The van der Waals surface area contributed by atoms with E-state index < -0.39 is 0 Å². The number of nitrogens with two attached hydrogens (primary N) is 1. The molecule has 0 amide bonds. The van der Waals surface area contributed by atoms with Crippen LogP contribution in [0.4, 0.5) is 0 Å². The molecule has 1 aromatic rings. The minimum atomic E-state index is -0.196. The number of aliphatic hydroxyl groups is 1. The predicted octanol–water partition coefficient (Wildman–Crippen LogP) is 2.65. The van der Waals surface area contributed by atoms with Crippen molar-refractivity contribution in [2.75, 3.05) is 13.1 Å². The molecule has 3 nitrogen and oxygen atoms in total. The van der Waals surface area contributed by atoms with Crippen LogP contribution in [0.2, 0.25) is 5.02 Å². The van der Waals surface area contributed by atoms with E-state index in [0.29, 0.717) is 5.92 Å². The number of hydrogen-bond donors (Lipinski definition) is 2. The molecule has 1 fully saturated rings. The number of aliphatic hydroxyl groups excluding tert-OH is 1. The summed E-state index contributed by atoms with van der Waals surface area (Å²) in [6.07, 6.45) is 2.50. The molecule has 1 aliphatic rings. The standard InChI is InChI=1S/C16H25ClN2O/c1-2-16(20)8-13-7-15(18)11-19(10-13)9-12-4-3-5-14(17)6-12/h3-6,13,15-16,20H,2,7-11,18H2,1H3. The Balaban J connectivity index is 1.94. The third-order valence-corrected chi connectivity index (χ3v) is 4.25. The minimum Gasteiger partial charge on any atom is -0.393 e. The molecule has 3 N–H and O–H groups in total. The highest BCUT2D eigenvalue weighted by atomic mass is 35.5. The second kappa shape index (κ2) is 7.41. The molecule has 1 saturated heterocycles. The molecular weight excluding hydrogens is 272 g/mol. The fourth-order valence-electron chi connectivity index (χ4n) is 3.09. The first kappa shape index (κ1) is 15.8. The molecular formula is C16H25ClN2O. The quantitative estimate of drug-likeness (QED) is 0.878. The highest BCUT2D eigenvalue weighted by Crippen LogP contribution is 2.23. The van der Waals surface area contributed by atoms with Crippen molar-refractivity contribution in [1.29, 1.82) is 0 Å². The third-order valence-electron chi connectivity index (χ3n) is 4.02. The van der Waals surface area contributed by atoms with E-state index in [4.69, 9.17) is 17.3 Å². The van der Waals surface area contributed by atoms with Gasteiger partial charge >= 0.3 is 0 Å². The highest BCUT2D eigenvalue weighted by Gasteiger charge is 2.26. The smallest absolute Gasteiger partial charge is 0.0540 e. The molecule has 1 heterocycles. The maximum atomic E-state index is 9.83. The van der Waals surface area contributed by atoms with Crippen molar-refractivity contribution >= 4 is 11.6 Å². The van der Waals surface area contributed by atoms with Crippen LogP contribution in [0.3, 0.4) is 0 Å². The van der Waals surface area contributed by atoms with Crippen molar-refractivity contribution in [2.24, 2.45) is 11.7 Å². The minimum absolute atomic E-state index is 0.196. The Labute approximate surface area is 126 Å². The number of piperidine rings is 1. The molecule has 0 saturated carbocycles. The van der Waals surface area contributed by atoms with E-state index in [2.05, 4.69) is 11.0 Å². The van der Waals surface area contributed by atoms with E-state index in [9.17, 15) is 5.11 Å². The van der Waals surface area contributed by atoms with E-state index in [1.165, 1.54) is 5.56 Å². The predicted molar refractivity (Wildman–Crippen MR) is 83.7 cm³/mol. The lowest BCUT2D eigenvalue weighted by molar-refractivity contribution is 0.0876. The average molecular weight is 297 g/mol. The number of halogens is 1. The second-order valence-corrected chi connectivity index (χ2v) is 6.42. The van der Waals surface area contributed by atoms with Gasteiger partial charge in [0.25, 0.3) is 0 Å². The van der Waals surface area contributed by atoms with Crippen molar-refractivity contribution in [1.82, 2.24) is 4.90 Å². The molecule has 0 aromatic heterocycles. The van der Waals surface area contributed by atoms with Gasteiger partial charge in [0.2, 0.25) is 0 Å². The van der Waals surface area contributed by atoms with E-state index in [-0.39, 0.29) is 12.1 Å². The lowest BCUT2D eigenvalue weighted by Gasteiger charge is -2.37. The molecule has 0 radical (unpaired) electrons. The van der Waals surface area contributed by atoms with Crippen LogP contribution in [0.1, 0.15) is 31.7 Å². The van der Waals surface area contributed by atoms with Crippen LogP contribution in [0.5, 0.6) is 0 Å². The molecule has 0 aliphatic carbocycles. The number of likely N-dealkylation sites (tertiary alicyclic amines) is 1. The van der Waals surface area contributed by atoms with Gasteiger partial charge in [-0.15, -0.1) is 0 Å². The van der Waals surface area contributed by atoms with Gasteiger partial charge in [-0.2, -0.15) is 0 Å². The van der Waals surface area contributed by atoms with Crippen molar-refractivity contribution in [3.05, 3.63) is 34.9 Å². The summed E-state index contributed by atoms with van der Waals surface area (Å²) < 4.78 is 0. The molecule has 4 heteroatoms. The molecule has 0 spiro atoms. The lowest BCUT2D eigenvalue weighted by atomic mass is 9.89. The van der Waals surface area contributed by atoms with Gasteiger partial charge in [-0.05, 0) is 42.9 Å². The van der Waals surface area contributed by atoms with Gasteiger partial charge in [-0.25, -0.2) is 0 Å². The summed E-state index contributed by atoms with van der Waals surface area (Å²) in [6, 6.07) is 8.20. The average Bonchev–Trinajstić information content (AvgIpc) is 2.37. The van der Waals surface area contributed by atoms with E-state index in [1.807, 2.05) is 25.1 Å². The van der Waals surface area contributed by atoms with E-state index in [1.54, 1.807) is 0 Å². The Bertz CT molecular complexity index is 427. The fourth-order valence-corrected chi connectivity index (χ4v) is 3.31. The third kappa shape index (κ3) is 4.74. The van der Waals surface area contributed by atoms with Gasteiger partial charge < -0.3 is 10.8 Å². The van der Waals surface area contributed by atoms with Crippen molar-refractivity contribution in [3.8, 4) is 0 Å². The van der Waals surface area contributed by atoms with Crippen molar-refractivity contribution in [2.45, 2.75) is 44.9 Å². The van der Waals surface area contributed by atoms with Gasteiger partial charge in [-0.1, -0.05) is 30.7 Å². The first-order valence-corrected chi connectivity index (χ1v) is 7.85. The first-order chi connectivity index (χ1) is 9.56. The highest BCUT2D eigenvalue weighted by molar-refractivity contribution is 6.30. The van der Waals surface area contributed by atoms with Crippen LogP contribution in [-0.2, 0) is 6.54 Å². The molecule has 20 heavy (non-hydrogen) atoms. The van der Waals surface area contributed by atoms with Crippen LogP contribution >= 0.6 is 11.6 Å². The van der Waals surface area contributed by atoms with Crippen LogP contribution in [0, 0.1) is 5.92 Å². The van der Waals surface area contributed by atoms with Crippen LogP contribution < -0.4 is 5.73 Å². The molecule has 3 atom stereocenters. The number of rotatable bonds is 5. The summed E-state index contributed by atoms with van der Waals surface area (Å²) >= 11 is 6.03. The number of hydrogen-bond acceptors (Lipinski definition) is 3. The number of benzene rings is 1. The largest absolute Gasteiger partial charge is 0.393 e. The Kier molecular flexibility index (Phi) is 5.85. The van der Waals surface area contributed by atoms with Crippen LogP contribution in [0.15, 0.2) is 24.3 Å². The summed E-state index contributed by atoms with van der Waals surface area (Å²) in [7, 11) is 0. The second-order valence-electron chi connectivity index (χ2n) is 5.98. The molecule has 3 unspecified atom stereocenters. The van der Waals surface area contributed by atoms with E-state index >= 15 is 0 Å². The summed E-state index contributed by atoms with van der Waals surface area (Å²) in [5.74, 6) is 0.493. The van der Waals surface area contributed by atoms with Crippen LogP contribution in [0.25, 0.3) is 0 Å². The van der Waals surface area contributed by atoms with Gasteiger partial charge in [0.15, 0.2) is 0 Å². The maximum Gasteiger partial charge on any atom is 0.0540 e. The fraction of sp³-hybridized carbons (Fsp3) is 0.625. The molecule has 1 aliphatic heterocycles. The topological polar surface area (TPSA) is 49.5 Å². The first-order valence-electron chi connectivity index (χ1n) is 7.47. The van der Waals surface area contributed by atoms with Gasteiger partial charge in [-0.3, -0.25) is 4.90 Å². The molecule has 0 bridgehead atoms. The van der Waals surface area contributed by atoms with Crippen LogP contribution in [-0.4, -0.2) is 35.2 Å².